The standard InChI is InChI=1S/C19H22O4/c1-19(2)22-17(15(20)13-9-5-3-6-10-13)18(23-19)16(21)14-11-7-4-8-12-14/h3-12,15-18,20-21H,1-2H3/t15-,16?,17+,18?/m1/s1. The fourth-order valence-corrected chi connectivity index (χ4v) is 2.99. The topological polar surface area (TPSA) is 58.9 Å². The third kappa shape index (κ3) is 3.46. The Balaban J connectivity index is 1.88. The predicted molar refractivity (Wildman–Crippen MR) is 86.6 cm³/mol. The Morgan fingerprint density at radius 2 is 1.09 bits per heavy atom. The van der Waals surface area contributed by atoms with Gasteiger partial charge in [0.2, 0.25) is 0 Å². The van der Waals surface area contributed by atoms with Crippen LogP contribution in [0.3, 0.4) is 0 Å². The number of aliphatic hydroxyl groups excluding tert-OH is 2. The van der Waals surface area contributed by atoms with E-state index in [1.54, 1.807) is 13.8 Å². The second kappa shape index (κ2) is 6.42. The van der Waals surface area contributed by atoms with E-state index in [-0.39, 0.29) is 0 Å². The number of ether oxygens (including phenoxy) is 2. The molecule has 1 saturated heterocycles. The highest BCUT2D eigenvalue weighted by Crippen LogP contribution is 2.40. The Bertz CT molecular complexity index is 571. The van der Waals surface area contributed by atoms with Crippen LogP contribution in [0, 0.1) is 0 Å². The zero-order valence-corrected chi connectivity index (χ0v) is 13.3. The molecule has 0 spiro atoms. The second-order valence-corrected chi connectivity index (χ2v) is 6.28. The molecule has 1 heterocycles. The summed E-state index contributed by atoms with van der Waals surface area (Å²) in [5.74, 6) is -0.860. The van der Waals surface area contributed by atoms with Crippen molar-refractivity contribution in [3.8, 4) is 0 Å². The minimum Gasteiger partial charge on any atom is -0.386 e. The molecule has 4 heteroatoms. The first-order valence-electron chi connectivity index (χ1n) is 7.79. The summed E-state index contributed by atoms with van der Waals surface area (Å²) in [6, 6.07) is 18.6. The molecule has 0 aromatic heterocycles. The van der Waals surface area contributed by atoms with Gasteiger partial charge in [0.05, 0.1) is 0 Å². The zero-order chi connectivity index (χ0) is 16.4. The van der Waals surface area contributed by atoms with Crippen molar-refractivity contribution in [2.24, 2.45) is 0 Å². The van der Waals surface area contributed by atoms with E-state index < -0.39 is 30.2 Å². The molecular formula is C19H22O4. The fourth-order valence-electron chi connectivity index (χ4n) is 2.99. The Morgan fingerprint density at radius 1 is 0.739 bits per heavy atom. The van der Waals surface area contributed by atoms with E-state index in [4.69, 9.17) is 9.47 Å². The van der Waals surface area contributed by atoms with Crippen molar-refractivity contribution in [3.63, 3.8) is 0 Å². The molecular weight excluding hydrogens is 292 g/mol. The van der Waals surface area contributed by atoms with Crippen LogP contribution in [0.4, 0.5) is 0 Å². The molecule has 4 atom stereocenters. The van der Waals surface area contributed by atoms with Gasteiger partial charge in [-0.05, 0) is 25.0 Å². The van der Waals surface area contributed by atoms with E-state index in [1.165, 1.54) is 0 Å². The monoisotopic (exact) mass is 314 g/mol. The third-order valence-electron chi connectivity index (χ3n) is 4.07. The lowest BCUT2D eigenvalue weighted by Gasteiger charge is -2.26. The minimum absolute atomic E-state index is 0.650. The van der Waals surface area contributed by atoms with Crippen molar-refractivity contribution >= 4 is 0 Å². The highest BCUT2D eigenvalue weighted by atomic mass is 16.8. The van der Waals surface area contributed by atoms with Crippen molar-refractivity contribution in [3.05, 3.63) is 71.8 Å². The third-order valence-corrected chi connectivity index (χ3v) is 4.07. The molecule has 4 nitrogen and oxygen atoms in total. The van der Waals surface area contributed by atoms with Gasteiger partial charge in [-0.3, -0.25) is 0 Å². The summed E-state index contributed by atoms with van der Waals surface area (Å²) in [6.07, 6.45) is -3.05. The highest BCUT2D eigenvalue weighted by Gasteiger charge is 2.48. The summed E-state index contributed by atoms with van der Waals surface area (Å²) in [4.78, 5) is 0. The van der Waals surface area contributed by atoms with Gasteiger partial charge >= 0.3 is 0 Å². The van der Waals surface area contributed by atoms with E-state index in [1.807, 2.05) is 60.7 Å². The maximum Gasteiger partial charge on any atom is 0.164 e. The van der Waals surface area contributed by atoms with Crippen molar-refractivity contribution in [1.29, 1.82) is 0 Å². The molecule has 1 aliphatic heterocycles. The molecule has 0 aliphatic carbocycles. The molecule has 0 saturated carbocycles. The number of hydrogen-bond donors (Lipinski definition) is 2. The van der Waals surface area contributed by atoms with E-state index in [2.05, 4.69) is 0 Å². The zero-order valence-electron chi connectivity index (χ0n) is 13.3. The van der Waals surface area contributed by atoms with Crippen molar-refractivity contribution in [2.75, 3.05) is 0 Å². The lowest BCUT2D eigenvalue weighted by Crippen LogP contribution is -2.34. The maximum absolute atomic E-state index is 10.7. The smallest absolute Gasteiger partial charge is 0.164 e. The molecule has 1 fully saturated rings. The molecule has 2 N–H and O–H groups in total. The molecule has 122 valence electrons. The van der Waals surface area contributed by atoms with Crippen LogP contribution < -0.4 is 0 Å². The van der Waals surface area contributed by atoms with E-state index >= 15 is 0 Å². The first-order chi connectivity index (χ1) is 11.0. The summed E-state index contributed by atoms with van der Waals surface area (Å²) < 4.78 is 11.8. The minimum atomic E-state index is -0.874. The second-order valence-electron chi connectivity index (χ2n) is 6.28. The van der Waals surface area contributed by atoms with Crippen LogP contribution in [0.25, 0.3) is 0 Å². The van der Waals surface area contributed by atoms with Crippen molar-refractivity contribution in [1.82, 2.24) is 0 Å². The van der Waals surface area contributed by atoms with Crippen LogP contribution in [0.5, 0.6) is 0 Å². The maximum atomic E-state index is 10.7. The molecule has 23 heavy (non-hydrogen) atoms. The summed E-state index contributed by atoms with van der Waals surface area (Å²) >= 11 is 0. The molecule has 0 radical (unpaired) electrons. The lowest BCUT2D eigenvalue weighted by atomic mass is 9.94. The van der Waals surface area contributed by atoms with E-state index in [0.717, 1.165) is 11.1 Å². The molecule has 2 unspecified atom stereocenters. The van der Waals surface area contributed by atoms with Crippen LogP contribution in [-0.4, -0.2) is 28.2 Å². The van der Waals surface area contributed by atoms with Crippen LogP contribution in [0.15, 0.2) is 60.7 Å². The number of hydrogen-bond acceptors (Lipinski definition) is 4. The van der Waals surface area contributed by atoms with Crippen LogP contribution in [0.1, 0.15) is 37.2 Å². The normalized spacial score (nSPS) is 25.9. The molecule has 2 aromatic rings. The van der Waals surface area contributed by atoms with Gasteiger partial charge in [-0.2, -0.15) is 0 Å². The Morgan fingerprint density at radius 3 is 1.43 bits per heavy atom. The summed E-state index contributed by atoms with van der Waals surface area (Å²) in [6.45, 7) is 3.57. The van der Waals surface area contributed by atoms with Gasteiger partial charge in [0.1, 0.15) is 24.4 Å². The molecule has 0 bridgehead atoms. The fraction of sp³-hybridized carbons (Fsp3) is 0.368. The Kier molecular flexibility index (Phi) is 4.50. The summed E-state index contributed by atoms with van der Waals surface area (Å²) in [5, 5.41) is 21.4. The van der Waals surface area contributed by atoms with E-state index in [0.29, 0.717) is 0 Å². The van der Waals surface area contributed by atoms with E-state index in [9.17, 15) is 10.2 Å². The average molecular weight is 314 g/mol. The van der Waals surface area contributed by atoms with Gasteiger partial charge in [0.15, 0.2) is 5.79 Å². The molecule has 0 amide bonds. The number of aliphatic hydroxyl groups is 2. The Labute approximate surface area is 136 Å². The molecule has 1 aliphatic rings. The highest BCUT2D eigenvalue weighted by molar-refractivity contribution is 5.22. The van der Waals surface area contributed by atoms with Crippen molar-refractivity contribution in [2.45, 2.75) is 44.1 Å². The average Bonchev–Trinajstić information content (AvgIpc) is 2.91. The number of rotatable bonds is 4. The first kappa shape index (κ1) is 16.1. The quantitative estimate of drug-likeness (QED) is 0.911. The molecule has 2 aromatic carbocycles. The van der Waals surface area contributed by atoms with Gasteiger partial charge in [-0.1, -0.05) is 60.7 Å². The predicted octanol–water partition coefficient (Wildman–Crippen LogP) is 2.97. The van der Waals surface area contributed by atoms with Gasteiger partial charge in [-0.15, -0.1) is 0 Å². The largest absolute Gasteiger partial charge is 0.386 e. The van der Waals surface area contributed by atoms with Crippen LogP contribution in [0.2, 0.25) is 0 Å². The van der Waals surface area contributed by atoms with Gasteiger partial charge < -0.3 is 19.7 Å². The van der Waals surface area contributed by atoms with Gasteiger partial charge in [-0.25, -0.2) is 0 Å². The van der Waals surface area contributed by atoms with Crippen molar-refractivity contribution < 1.29 is 19.7 Å². The first-order valence-corrected chi connectivity index (χ1v) is 7.79. The van der Waals surface area contributed by atoms with Gasteiger partial charge in [0, 0.05) is 0 Å². The molecule has 3 rings (SSSR count). The summed E-state index contributed by atoms with van der Waals surface area (Å²) in [5.41, 5.74) is 1.48. The van der Waals surface area contributed by atoms with Crippen LogP contribution in [-0.2, 0) is 9.47 Å². The van der Waals surface area contributed by atoms with Crippen LogP contribution >= 0.6 is 0 Å². The SMILES string of the molecule is CC1(C)OC(C(O)c2ccccc2)[C@H]([C@H](O)c2ccccc2)O1. The van der Waals surface area contributed by atoms with Gasteiger partial charge in [0.25, 0.3) is 0 Å². The Hall–Kier alpha value is -1.72. The lowest BCUT2D eigenvalue weighted by molar-refractivity contribution is -0.161. The summed E-state index contributed by atoms with van der Waals surface area (Å²) in [7, 11) is 0. The number of benzene rings is 2.